The number of rotatable bonds is 1. The second kappa shape index (κ2) is 12.0. The van der Waals surface area contributed by atoms with E-state index in [2.05, 4.69) is 58.9 Å². The van der Waals surface area contributed by atoms with Crippen LogP contribution in [-0.4, -0.2) is 0 Å². The quantitative estimate of drug-likeness (QED) is 0.537. The summed E-state index contributed by atoms with van der Waals surface area (Å²) in [5.41, 5.74) is 4.26. The van der Waals surface area contributed by atoms with Crippen LogP contribution in [0.25, 0.3) is 0 Å². The Morgan fingerprint density at radius 3 is 1.38 bits per heavy atom. The summed E-state index contributed by atoms with van der Waals surface area (Å²) < 4.78 is 0. The molecule has 16 heavy (non-hydrogen) atoms. The van der Waals surface area contributed by atoms with Crippen molar-refractivity contribution < 1.29 is 0 Å². The molecule has 0 aliphatic rings. The van der Waals surface area contributed by atoms with E-state index < -0.39 is 0 Å². The van der Waals surface area contributed by atoms with Gasteiger partial charge in [0.2, 0.25) is 0 Å². The first-order chi connectivity index (χ1) is 7.57. The largest absolute Gasteiger partial charge is 0.0778 e. The SMILES string of the molecule is CC.CC(C)=C(C)C.CCc1ccccc1. The number of hydrogen-bond donors (Lipinski definition) is 0. The number of aryl methyl sites for hydroxylation is 1. The van der Waals surface area contributed by atoms with E-state index in [0.717, 1.165) is 6.42 Å². The van der Waals surface area contributed by atoms with E-state index >= 15 is 0 Å². The Bertz CT molecular complexity index is 249. The molecule has 0 aromatic heterocycles. The summed E-state index contributed by atoms with van der Waals surface area (Å²) in [6, 6.07) is 10.5. The maximum Gasteiger partial charge on any atom is -0.0307 e. The van der Waals surface area contributed by atoms with Gasteiger partial charge in [-0.2, -0.15) is 0 Å². The first-order valence-corrected chi connectivity index (χ1v) is 6.22. The molecule has 0 unspecified atom stereocenters. The van der Waals surface area contributed by atoms with Crippen molar-refractivity contribution in [2.24, 2.45) is 0 Å². The normalized spacial score (nSPS) is 7.94. The summed E-state index contributed by atoms with van der Waals surface area (Å²) in [4.78, 5) is 0. The van der Waals surface area contributed by atoms with Gasteiger partial charge in [0.05, 0.1) is 0 Å². The van der Waals surface area contributed by atoms with Crippen molar-refractivity contribution >= 4 is 0 Å². The molecule has 0 saturated carbocycles. The van der Waals surface area contributed by atoms with Crippen molar-refractivity contribution in [1.82, 2.24) is 0 Å². The second-order valence-corrected chi connectivity index (χ2v) is 3.84. The highest BCUT2D eigenvalue weighted by atomic mass is 13.9. The summed E-state index contributed by atoms with van der Waals surface area (Å²) in [6.45, 7) is 14.6. The van der Waals surface area contributed by atoms with Crippen LogP contribution in [0, 0.1) is 0 Å². The Balaban J connectivity index is 0. The van der Waals surface area contributed by atoms with Crippen molar-refractivity contribution in [1.29, 1.82) is 0 Å². The highest BCUT2D eigenvalue weighted by Crippen LogP contribution is 1.97. The smallest absolute Gasteiger partial charge is 0.0307 e. The molecular formula is C16H28. The van der Waals surface area contributed by atoms with Gasteiger partial charge in [-0.3, -0.25) is 0 Å². The molecule has 1 aromatic carbocycles. The van der Waals surface area contributed by atoms with Gasteiger partial charge < -0.3 is 0 Å². The lowest BCUT2D eigenvalue weighted by Crippen LogP contribution is -1.73. The van der Waals surface area contributed by atoms with Crippen LogP contribution in [0.15, 0.2) is 41.5 Å². The van der Waals surface area contributed by atoms with Crippen molar-refractivity contribution in [2.45, 2.75) is 54.9 Å². The predicted octanol–water partition coefficient (Wildman–Crippen LogP) is 5.64. The standard InChI is InChI=1S/C8H10.C6H12.C2H6/c1-2-8-6-4-3-5-7-8;1-5(2)6(3)4;1-2/h3-7H,2H2,1H3;1-4H3;1-2H3. The molecule has 0 radical (unpaired) electrons. The highest BCUT2D eigenvalue weighted by molar-refractivity contribution is 5.13. The maximum absolute atomic E-state index is 2.16. The first kappa shape index (κ1) is 17.4. The molecule has 0 spiro atoms. The van der Waals surface area contributed by atoms with Crippen molar-refractivity contribution in [2.75, 3.05) is 0 Å². The molecule has 0 heterocycles. The van der Waals surface area contributed by atoms with Gasteiger partial charge in [-0.25, -0.2) is 0 Å². The molecule has 92 valence electrons. The number of benzene rings is 1. The lowest BCUT2D eigenvalue weighted by atomic mass is 10.2. The van der Waals surface area contributed by atoms with Crippen LogP contribution >= 0.6 is 0 Å². The topological polar surface area (TPSA) is 0 Å². The van der Waals surface area contributed by atoms with Crippen LogP contribution in [0.5, 0.6) is 0 Å². The molecule has 1 aromatic rings. The molecule has 0 bridgehead atoms. The zero-order valence-corrected chi connectivity index (χ0v) is 12.1. The fourth-order valence-corrected chi connectivity index (χ4v) is 0.714. The van der Waals surface area contributed by atoms with Crippen LogP contribution in [0.2, 0.25) is 0 Å². The monoisotopic (exact) mass is 220 g/mol. The van der Waals surface area contributed by atoms with E-state index in [4.69, 9.17) is 0 Å². The van der Waals surface area contributed by atoms with Crippen molar-refractivity contribution in [3.8, 4) is 0 Å². The third-order valence-electron chi connectivity index (χ3n) is 2.25. The van der Waals surface area contributed by atoms with Crippen LogP contribution in [-0.2, 0) is 6.42 Å². The number of allylic oxidation sites excluding steroid dienone is 2. The van der Waals surface area contributed by atoms with Gasteiger partial charge in [-0.15, -0.1) is 0 Å². The van der Waals surface area contributed by atoms with Crippen LogP contribution in [0.4, 0.5) is 0 Å². The molecule has 0 saturated heterocycles. The molecule has 1 rings (SSSR count). The minimum Gasteiger partial charge on any atom is -0.0778 e. The van der Waals surface area contributed by atoms with E-state index in [0.29, 0.717) is 0 Å². The summed E-state index contributed by atoms with van der Waals surface area (Å²) in [6.07, 6.45) is 1.14. The Labute approximate surface area is 102 Å². The van der Waals surface area contributed by atoms with E-state index in [9.17, 15) is 0 Å². The van der Waals surface area contributed by atoms with Crippen molar-refractivity contribution in [3.05, 3.63) is 47.0 Å². The molecular weight excluding hydrogens is 192 g/mol. The zero-order valence-electron chi connectivity index (χ0n) is 12.1. The van der Waals surface area contributed by atoms with Crippen LogP contribution in [0.1, 0.15) is 54.0 Å². The Morgan fingerprint density at radius 2 is 1.19 bits per heavy atom. The summed E-state index contributed by atoms with van der Waals surface area (Å²) in [7, 11) is 0. The molecule has 0 N–H and O–H groups in total. The first-order valence-electron chi connectivity index (χ1n) is 6.22. The summed E-state index contributed by atoms with van der Waals surface area (Å²) >= 11 is 0. The van der Waals surface area contributed by atoms with Gasteiger partial charge in [-0.05, 0) is 39.7 Å². The zero-order chi connectivity index (χ0) is 13.0. The van der Waals surface area contributed by atoms with Gasteiger partial charge in [0.25, 0.3) is 0 Å². The average molecular weight is 220 g/mol. The van der Waals surface area contributed by atoms with E-state index in [1.165, 1.54) is 16.7 Å². The molecule has 0 nitrogen and oxygen atoms in total. The molecule has 0 aliphatic carbocycles. The lowest BCUT2D eigenvalue weighted by molar-refractivity contribution is 1.14. The Hall–Kier alpha value is -1.04. The van der Waals surface area contributed by atoms with Gasteiger partial charge in [0.1, 0.15) is 0 Å². The van der Waals surface area contributed by atoms with E-state index in [-0.39, 0.29) is 0 Å². The third-order valence-corrected chi connectivity index (χ3v) is 2.25. The fraction of sp³-hybridized carbons (Fsp3) is 0.500. The molecule has 0 heteroatoms. The van der Waals surface area contributed by atoms with Crippen molar-refractivity contribution in [3.63, 3.8) is 0 Å². The molecule has 0 fully saturated rings. The lowest BCUT2D eigenvalue weighted by Gasteiger charge is -1.89. The molecule has 0 atom stereocenters. The molecule has 0 amide bonds. The molecule has 0 aliphatic heterocycles. The summed E-state index contributed by atoms with van der Waals surface area (Å²) in [5, 5.41) is 0. The minimum atomic E-state index is 1.14. The van der Waals surface area contributed by atoms with Gasteiger partial charge in [0, 0.05) is 0 Å². The van der Waals surface area contributed by atoms with E-state index in [1.807, 2.05) is 19.9 Å². The average Bonchev–Trinajstić information content (AvgIpc) is 2.33. The third kappa shape index (κ3) is 11.0. The minimum absolute atomic E-state index is 1.14. The Kier molecular flexibility index (Phi) is 13.1. The maximum atomic E-state index is 2.16. The second-order valence-electron chi connectivity index (χ2n) is 3.84. The summed E-state index contributed by atoms with van der Waals surface area (Å²) in [5.74, 6) is 0. The van der Waals surface area contributed by atoms with Gasteiger partial charge >= 0.3 is 0 Å². The fourth-order valence-electron chi connectivity index (χ4n) is 0.714. The van der Waals surface area contributed by atoms with E-state index in [1.54, 1.807) is 0 Å². The van der Waals surface area contributed by atoms with Gasteiger partial charge in [-0.1, -0.05) is 62.2 Å². The predicted molar refractivity (Wildman–Crippen MR) is 76.9 cm³/mol. The Morgan fingerprint density at radius 1 is 0.812 bits per heavy atom. The van der Waals surface area contributed by atoms with Gasteiger partial charge in [0.15, 0.2) is 0 Å². The van der Waals surface area contributed by atoms with Crippen LogP contribution < -0.4 is 0 Å². The highest BCUT2D eigenvalue weighted by Gasteiger charge is 1.80. The number of hydrogen-bond acceptors (Lipinski definition) is 0. The van der Waals surface area contributed by atoms with Crippen LogP contribution in [0.3, 0.4) is 0 Å².